The van der Waals surface area contributed by atoms with Gasteiger partial charge in [-0.25, -0.2) is 4.98 Å². The second-order valence-electron chi connectivity index (χ2n) is 6.75. The number of rotatable bonds is 2. The van der Waals surface area contributed by atoms with Crippen LogP contribution in [0.25, 0.3) is 0 Å². The van der Waals surface area contributed by atoms with Crippen molar-refractivity contribution in [3.63, 3.8) is 0 Å². The highest BCUT2D eigenvalue weighted by Gasteiger charge is 2.31. The Morgan fingerprint density at radius 2 is 1.88 bits per heavy atom. The first-order valence-electron chi connectivity index (χ1n) is 8.83. The standard InChI is InChI=1S/C20H23N3O/c24-20(23-13-10-16-6-1-2-7-17(16)14-23)18-8-5-12-22(15-18)19-9-3-4-11-21-19/h1-4,6-7,9,11,18H,5,8,10,12-15H2/t18-/m1/s1. The summed E-state index contributed by atoms with van der Waals surface area (Å²) in [7, 11) is 0. The highest BCUT2D eigenvalue weighted by Crippen LogP contribution is 2.25. The molecule has 124 valence electrons. The predicted molar refractivity (Wildman–Crippen MR) is 94.7 cm³/mol. The summed E-state index contributed by atoms with van der Waals surface area (Å²) < 4.78 is 0. The first kappa shape index (κ1) is 15.2. The van der Waals surface area contributed by atoms with E-state index >= 15 is 0 Å². The molecule has 1 aromatic carbocycles. The van der Waals surface area contributed by atoms with Crippen molar-refractivity contribution in [1.82, 2.24) is 9.88 Å². The van der Waals surface area contributed by atoms with Crippen LogP contribution in [0, 0.1) is 5.92 Å². The van der Waals surface area contributed by atoms with Gasteiger partial charge >= 0.3 is 0 Å². The molecule has 4 rings (SSSR count). The van der Waals surface area contributed by atoms with Crippen LogP contribution in [-0.4, -0.2) is 35.4 Å². The van der Waals surface area contributed by atoms with Crippen molar-refractivity contribution in [1.29, 1.82) is 0 Å². The number of piperidine rings is 1. The third-order valence-electron chi connectivity index (χ3n) is 5.19. The van der Waals surface area contributed by atoms with Gasteiger partial charge in [0, 0.05) is 32.4 Å². The lowest BCUT2D eigenvalue weighted by Gasteiger charge is -2.37. The lowest BCUT2D eigenvalue weighted by atomic mass is 9.94. The minimum Gasteiger partial charge on any atom is -0.356 e. The molecule has 4 heteroatoms. The molecule has 0 saturated carbocycles. The summed E-state index contributed by atoms with van der Waals surface area (Å²) >= 11 is 0. The Morgan fingerprint density at radius 1 is 1.04 bits per heavy atom. The van der Waals surface area contributed by atoms with Crippen LogP contribution in [0.1, 0.15) is 24.0 Å². The third kappa shape index (κ3) is 3.01. The summed E-state index contributed by atoms with van der Waals surface area (Å²) in [5, 5.41) is 0. The van der Waals surface area contributed by atoms with Crippen LogP contribution in [0.4, 0.5) is 5.82 Å². The van der Waals surface area contributed by atoms with E-state index < -0.39 is 0 Å². The fraction of sp³-hybridized carbons (Fsp3) is 0.400. The fourth-order valence-electron chi connectivity index (χ4n) is 3.87. The highest BCUT2D eigenvalue weighted by atomic mass is 16.2. The topological polar surface area (TPSA) is 36.4 Å². The zero-order chi connectivity index (χ0) is 16.4. The number of anilines is 1. The third-order valence-corrected chi connectivity index (χ3v) is 5.19. The summed E-state index contributed by atoms with van der Waals surface area (Å²) in [6.07, 6.45) is 4.83. The Balaban J connectivity index is 1.45. The highest BCUT2D eigenvalue weighted by molar-refractivity contribution is 5.80. The molecule has 1 amide bonds. The van der Waals surface area contributed by atoms with E-state index in [4.69, 9.17) is 0 Å². The van der Waals surface area contributed by atoms with Crippen LogP contribution in [-0.2, 0) is 17.8 Å². The van der Waals surface area contributed by atoms with Gasteiger partial charge in [0.05, 0.1) is 5.92 Å². The smallest absolute Gasteiger partial charge is 0.227 e. The Hall–Kier alpha value is -2.36. The largest absolute Gasteiger partial charge is 0.356 e. The van der Waals surface area contributed by atoms with E-state index in [-0.39, 0.29) is 5.92 Å². The number of carbonyl (C=O) groups is 1. The molecule has 2 aliphatic rings. The van der Waals surface area contributed by atoms with E-state index in [0.717, 1.165) is 51.3 Å². The lowest BCUT2D eigenvalue weighted by molar-refractivity contribution is -0.136. The molecule has 0 radical (unpaired) electrons. The second kappa shape index (κ2) is 6.63. The molecule has 1 saturated heterocycles. The van der Waals surface area contributed by atoms with Crippen molar-refractivity contribution in [3.8, 4) is 0 Å². The number of pyridine rings is 1. The summed E-state index contributed by atoms with van der Waals surface area (Å²) in [5.74, 6) is 1.38. The summed E-state index contributed by atoms with van der Waals surface area (Å²) in [4.78, 5) is 21.8. The van der Waals surface area contributed by atoms with Crippen LogP contribution in [0.15, 0.2) is 48.7 Å². The molecule has 1 fully saturated rings. The number of fused-ring (bicyclic) bond motifs is 1. The van der Waals surface area contributed by atoms with Gasteiger partial charge in [-0.05, 0) is 42.5 Å². The van der Waals surface area contributed by atoms with Crippen molar-refractivity contribution in [2.45, 2.75) is 25.8 Å². The van der Waals surface area contributed by atoms with Crippen molar-refractivity contribution >= 4 is 11.7 Å². The molecule has 4 nitrogen and oxygen atoms in total. The summed E-state index contributed by atoms with van der Waals surface area (Å²) in [5.41, 5.74) is 2.69. The quantitative estimate of drug-likeness (QED) is 0.853. The molecule has 1 aromatic heterocycles. The number of hydrogen-bond acceptors (Lipinski definition) is 3. The molecule has 1 atom stereocenters. The van der Waals surface area contributed by atoms with Crippen LogP contribution in [0.2, 0.25) is 0 Å². The van der Waals surface area contributed by atoms with Gasteiger partial charge < -0.3 is 9.80 Å². The van der Waals surface area contributed by atoms with Crippen LogP contribution in [0.3, 0.4) is 0 Å². The number of amides is 1. The van der Waals surface area contributed by atoms with Gasteiger partial charge in [0.25, 0.3) is 0 Å². The first-order chi connectivity index (χ1) is 11.8. The molecule has 0 aliphatic carbocycles. The lowest BCUT2D eigenvalue weighted by Crippen LogP contribution is -2.46. The van der Waals surface area contributed by atoms with E-state index in [0.29, 0.717) is 5.91 Å². The van der Waals surface area contributed by atoms with Crippen molar-refractivity contribution in [3.05, 3.63) is 59.8 Å². The maximum atomic E-state index is 13.0. The molecular weight excluding hydrogens is 298 g/mol. The van der Waals surface area contributed by atoms with E-state index in [9.17, 15) is 4.79 Å². The van der Waals surface area contributed by atoms with Gasteiger partial charge in [-0.2, -0.15) is 0 Å². The fourth-order valence-corrected chi connectivity index (χ4v) is 3.87. The van der Waals surface area contributed by atoms with E-state index in [2.05, 4.69) is 39.0 Å². The molecule has 2 aliphatic heterocycles. The molecule has 0 bridgehead atoms. The van der Waals surface area contributed by atoms with Gasteiger partial charge in [-0.3, -0.25) is 4.79 Å². The molecule has 2 aromatic rings. The van der Waals surface area contributed by atoms with Gasteiger partial charge in [0.15, 0.2) is 0 Å². The van der Waals surface area contributed by atoms with E-state index in [1.165, 1.54) is 11.1 Å². The van der Waals surface area contributed by atoms with Crippen LogP contribution >= 0.6 is 0 Å². The van der Waals surface area contributed by atoms with Gasteiger partial charge in [0.1, 0.15) is 5.82 Å². The predicted octanol–water partition coefficient (Wildman–Crippen LogP) is 2.88. The van der Waals surface area contributed by atoms with Gasteiger partial charge in [0.2, 0.25) is 5.91 Å². The number of carbonyl (C=O) groups excluding carboxylic acids is 1. The molecule has 0 spiro atoms. The number of nitrogens with zero attached hydrogens (tertiary/aromatic N) is 3. The maximum absolute atomic E-state index is 13.0. The maximum Gasteiger partial charge on any atom is 0.227 e. The molecule has 0 unspecified atom stereocenters. The number of aromatic nitrogens is 1. The molecule has 0 N–H and O–H groups in total. The monoisotopic (exact) mass is 321 g/mol. The zero-order valence-electron chi connectivity index (χ0n) is 13.9. The van der Waals surface area contributed by atoms with Crippen molar-refractivity contribution in [2.24, 2.45) is 5.92 Å². The van der Waals surface area contributed by atoms with Crippen LogP contribution < -0.4 is 4.90 Å². The van der Waals surface area contributed by atoms with Crippen molar-refractivity contribution < 1.29 is 4.79 Å². The number of hydrogen-bond donors (Lipinski definition) is 0. The van der Waals surface area contributed by atoms with E-state index in [1.807, 2.05) is 24.4 Å². The minimum atomic E-state index is 0.0889. The molecule has 3 heterocycles. The SMILES string of the molecule is O=C([C@@H]1CCCN(c2ccccn2)C1)N1CCc2ccccc2C1. The summed E-state index contributed by atoms with van der Waals surface area (Å²) in [6, 6.07) is 14.5. The minimum absolute atomic E-state index is 0.0889. The van der Waals surface area contributed by atoms with Gasteiger partial charge in [-0.15, -0.1) is 0 Å². The normalized spacial score (nSPS) is 20.6. The Kier molecular flexibility index (Phi) is 4.20. The first-order valence-corrected chi connectivity index (χ1v) is 8.83. The average molecular weight is 321 g/mol. The van der Waals surface area contributed by atoms with Crippen molar-refractivity contribution in [2.75, 3.05) is 24.5 Å². The Labute approximate surface area is 143 Å². The Bertz CT molecular complexity index is 716. The zero-order valence-corrected chi connectivity index (χ0v) is 13.9. The molecular formula is C20H23N3O. The average Bonchev–Trinajstić information content (AvgIpc) is 2.68. The van der Waals surface area contributed by atoms with E-state index in [1.54, 1.807) is 0 Å². The summed E-state index contributed by atoms with van der Waals surface area (Å²) in [6.45, 7) is 3.38. The number of benzene rings is 1. The second-order valence-corrected chi connectivity index (χ2v) is 6.75. The Morgan fingerprint density at radius 3 is 2.71 bits per heavy atom. The van der Waals surface area contributed by atoms with Gasteiger partial charge in [-0.1, -0.05) is 30.3 Å². The van der Waals surface area contributed by atoms with Crippen LogP contribution in [0.5, 0.6) is 0 Å². The molecule has 24 heavy (non-hydrogen) atoms.